The molecule has 0 amide bonds. The predicted octanol–water partition coefficient (Wildman–Crippen LogP) is 2.89. The quantitative estimate of drug-likeness (QED) is 0.773. The van der Waals surface area contributed by atoms with Crippen LogP contribution in [-0.4, -0.2) is 43.3 Å². The van der Waals surface area contributed by atoms with Crippen molar-refractivity contribution in [3.63, 3.8) is 0 Å². The molecule has 0 aromatic rings. The van der Waals surface area contributed by atoms with Crippen molar-refractivity contribution in [2.75, 3.05) is 26.8 Å². The fraction of sp³-hybridized carbons (Fsp3) is 1.00. The van der Waals surface area contributed by atoms with Gasteiger partial charge >= 0.3 is 0 Å². The van der Waals surface area contributed by atoms with Gasteiger partial charge in [-0.25, -0.2) is 0 Å². The Morgan fingerprint density at radius 1 is 1.42 bits per heavy atom. The van der Waals surface area contributed by atoms with E-state index >= 15 is 0 Å². The number of rotatable bonds is 7. The third-order valence-electron chi connectivity index (χ3n) is 5.33. The third-order valence-corrected chi connectivity index (χ3v) is 5.33. The van der Waals surface area contributed by atoms with E-state index < -0.39 is 0 Å². The van der Waals surface area contributed by atoms with Gasteiger partial charge in [0, 0.05) is 31.8 Å². The summed E-state index contributed by atoms with van der Waals surface area (Å²) in [5, 5.41) is 0. The molecule has 0 aromatic carbocycles. The van der Waals surface area contributed by atoms with E-state index in [0.29, 0.717) is 12.0 Å². The van der Waals surface area contributed by atoms with Gasteiger partial charge in [-0.05, 0) is 44.4 Å². The molecular weight excluding hydrogens is 236 g/mol. The number of ether oxygens (including phenoxy) is 1. The highest BCUT2D eigenvalue weighted by molar-refractivity contribution is 5.01. The standard InChI is InChI=1S/C16H34N2O/c1-6-15(4)18(9-10-19-5)16(12-17)8-7-13(2)11-14(16)3/h13-15H,6-12,17H2,1-5H3. The van der Waals surface area contributed by atoms with Gasteiger partial charge in [-0.15, -0.1) is 0 Å². The molecular formula is C16H34N2O. The van der Waals surface area contributed by atoms with Crippen LogP contribution >= 0.6 is 0 Å². The van der Waals surface area contributed by atoms with Gasteiger partial charge in [0.15, 0.2) is 0 Å². The second-order valence-corrected chi connectivity index (χ2v) is 6.53. The lowest BCUT2D eigenvalue weighted by Gasteiger charge is -2.53. The first-order valence-electron chi connectivity index (χ1n) is 7.97. The average molecular weight is 270 g/mol. The molecule has 1 rings (SSSR count). The normalized spacial score (nSPS) is 33.6. The summed E-state index contributed by atoms with van der Waals surface area (Å²) in [4.78, 5) is 2.65. The van der Waals surface area contributed by atoms with Crippen molar-refractivity contribution in [2.24, 2.45) is 17.6 Å². The molecule has 4 atom stereocenters. The second kappa shape index (κ2) is 7.61. The van der Waals surface area contributed by atoms with E-state index in [4.69, 9.17) is 10.5 Å². The Bertz CT molecular complexity index is 259. The van der Waals surface area contributed by atoms with Crippen LogP contribution in [0.4, 0.5) is 0 Å². The minimum Gasteiger partial charge on any atom is -0.383 e. The van der Waals surface area contributed by atoms with Gasteiger partial charge in [0.25, 0.3) is 0 Å². The molecule has 19 heavy (non-hydrogen) atoms. The summed E-state index contributed by atoms with van der Waals surface area (Å²) in [6, 6.07) is 0.578. The molecule has 1 aliphatic rings. The first kappa shape index (κ1) is 16.9. The molecule has 0 saturated heterocycles. The lowest BCUT2D eigenvalue weighted by atomic mass is 9.68. The molecule has 3 nitrogen and oxygen atoms in total. The van der Waals surface area contributed by atoms with Crippen LogP contribution in [0.15, 0.2) is 0 Å². The number of hydrogen-bond donors (Lipinski definition) is 1. The fourth-order valence-electron chi connectivity index (χ4n) is 3.82. The van der Waals surface area contributed by atoms with Crippen LogP contribution in [0.2, 0.25) is 0 Å². The van der Waals surface area contributed by atoms with E-state index in [1.807, 2.05) is 0 Å². The second-order valence-electron chi connectivity index (χ2n) is 6.53. The van der Waals surface area contributed by atoms with E-state index in [2.05, 4.69) is 32.6 Å². The zero-order chi connectivity index (χ0) is 14.5. The van der Waals surface area contributed by atoms with E-state index in [0.717, 1.165) is 25.6 Å². The van der Waals surface area contributed by atoms with Crippen molar-refractivity contribution in [1.29, 1.82) is 0 Å². The monoisotopic (exact) mass is 270 g/mol. The number of nitrogens with two attached hydrogens (primary N) is 1. The van der Waals surface area contributed by atoms with E-state index in [1.54, 1.807) is 7.11 Å². The zero-order valence-electron chi connectivity index (χ0n) is 13.6. The van der Waals surface area contributed by atoms with Gasteiger partial charge in [0.1, 0.15) is 0 Å². The highest BCUT2D eigenvalue weighted by Crippen LogP contribution is 2.41. The summed E-state index contributed by atoms with van der Waals surface area (Å²) in [6.07, 6.45) is 5.02. The zero-order valence-corrected chi connectivity index (χ0v) is 13.6. The largest absolute Gasteiger partial charge is 0.383 e. The van der Waals surface area contributed by atoms with Gasteiger partial charge in [-0.2, -0.15) is 0 Å². The Morgan fingerprint density at radius 2 is 2.11 bits per heavy atom. The van der Waals surface area contributed by atoms with Gasteiger partial charge in [-0.1, -0.05) is 20.8 Å². The molecule has 0 heterocycles. The fourth-order valence-corrected chi connectivity index (χ4v) is 3.82. The summed E-state index contributed by atoms with van der Waals surface area (Å²) in [5.41, 5.74) is 6.44. The van der Waals surface area contributed by atoms with Crippen LogP contribution in [0.1, 0.15) is 53.4 Å². The van der Waals surface area contributed by atoms with Crippen molar-refractivity contribution < 1.29 is 4.74 Å². The van der Waals surface area contributed by atoms with Gasteiger partial charge < -0.3 is 10.5 Å². The minimum absolute atomic E-state index is 0.181. The molecule has 3 heteroatoms. The van der Waals surface area contributed by atoms with Crippen LogP contribution in [0.3, 0.4) is 0 Å². The van der Waals surface area contributed by atoms with Crippen molar-refractivity contribution in [3.8, 4) is 0 Å². The highest BCUT2D eigenvalue weighted by Gasteiger charge is 2.44. The van der Waals surface area contributed by atoms with Crippen LogP contribution in [0.25, 0.3) is 0 Å². The van der Waals surface area contributed by atoms with E-state index in [9.17, 15) is 0 Å². The Morgan fingerprint density at radius 3 is 2.58 bits per heavy atom. The number of methoxy groups -OCH3 is 1. The van der Waals surface area contributed by atoms with Gasteiger partial charge in [0.2, 0.25) is 0 Å². The highest BCUT2D eigenvalue weighted by atomic mass is 16.5. The van der Waals surface area contributed by atoms with E-state index in [-0.39, 0.29) is 5.54 Å². The smallest absolute Gasteiger partial charge is 0.0590 e. The Kier molecular flexibility index (Phi) is 6.78. The molecule has 1 fully saturated rings. The lowest BCUT2D eigenvalue weighted by Crippen LogP contribution is -2.63. The average Bonchev–Trinajstić information content (AvgIpc) is 2.41. The Balaban J connectivity index is 2.92. The molecule has 0 bridgehead atoms. The van der Waals surface area contributed by atoms with Crippen LogP contribution in [-0.2, 0) is 4.74 Å². The molecule has 1 saturated carbocycles. The third kappa shape index (κ3) is 3.71. The topological polar surface area (TPSA) is 38.5 Å². The molecule has 4 unspecified atom stereocenters. The molecule has 2 N–H and O–H groups in total. The predicted molar refractivity (Wildman–Crippen MR) is 82.3 cm³/mol. The molecule has 1 aliphatic carbocycles. The summed E-state index contributed by atoms with van der Waals surface area (Å²) >= 11 is 0. The first-order chi connectivity index (χ1) is 9.01. The first-order valence-corrected chi connectivity index (χ1v) is 7.97. The van der Waals surface area contributed by atoms with Crippen molar-refractivity contribution in [2.45, 2.75) is 65.0 Å². The number of nitrogens with zero attached hydrogens (tertiary/aromatic N) is 1. The van der Waals surface area contributed by atoms with Gasteiger partial charge in [0.05, 0.1) is 6.61 Å². The van der Waals surface area contributed by atoms with Crippen LogP contribution < -0.4 is 5.73 Å². The molecule has 114 valence electrons. The summed E-state index contributed by atoms with van der Waals surface area (Å²) < 4.78 is 5.32. The summed E-state index contributed by atoms with van der Waals surface area (Å²) in [7, 11) is 1.79. The van der Waals surface area contributed by atoms with Crippen molar-refractivity contribution in [3.05, 3.63) is 0 Å². The maximum Gasteiger partial charge on any atom is 0.0590 e. The molecule has 0 aromatic heterocycles. The van der Waals surface area contributed by atoms with Crippen molar-refractivity contribution >= 4 is 0 Å². The molecule has 0 radical (unpaired) electrons. The van der Waals surface area contributed by atoms with Crippen molar-refractivity contribution in [1.82, 2.24) is 4.90 Å². The Labute approximate surface area is 119 Å². The maximum absolute atomic E-state index is 6.26. The molecule has 0 aliphatic heterocycles. The summed E-state index contributed by atoms with van der Waals surface area (Å²) in [6.45, 7) is 11.9. The van der Waals surface area contributed by atoms with E-state index in [1.165, 1.54) is 25.7 Å². The summed E-state index contributed by atoms with van der Waals surface area (Å²) in [5.74, 6) is 1.52. The van der Waals surface area contributed by atoms with Crippen LogP contribution in [0.5, 0.6) is 0 Å². The molecule has 0 spiro atoms. The van der Waals surface area contributed by atoms with Gasteiger partial charge in [-0.3, -0.25) is 4.90 Å². The maximum atomic E-state index is 6.26. The Hall–Kier alpha value is -0.120. The number of hydrogen-bond acceptors (Lipinski definition) is 3. The SMILES string of the molecule is CCC(C)N(CCOC)C1(CN)CCC(C)CC1C. The minimum atomic E-state index is 0.181. The van der Waals surface area contributed by atoms with Crippen LogP contribution in [0, 0.1) is 11.8 Å². The lowest BCUT2D eigenvalue weighted by molar-refractivity contribution is -0.0375.